The zero-order valence-electron chi connectivity index (χ0n) is 7.99. The lowest BCUT2D eigenvalue weighted by atomic mass is 10.4. The summed E-state index contributed by atoms with van der Waals surface area (Å²) in [6, 6.07) is 0. The molecule has 5 heteroatoms. The number of nitrogens with zero attached hydrogens (tertiary/aromatic N) is 3. The third-order valence-electron chi connectivity index (χ3n) is 1.96. The van der Waals surface area contributed by atoms with Gasteiger partial charge in [-0.1, -0.05) is 0 Å². The minimum absolute atomic E-state index is 0.344. The molecule has 0 aliphatic heterocycles. The zero-order valence-corrected chi connectivity index (χ0v) is 7.99. The molecule has 0 bridgehead atoms. The number of anilines is 3. The summed E-state index contributed by atoms with van der Waals surface area (Å²) in [5.74, 6) is 1.06. The van der Waals surface area contributed by atoms with Crippen LogP contribution in [-0.2, 0) is 0 Å². The third-order valence-corrected chi connectivity index (χ3v) is 1.96. The molecule has 1 heterocycles. The van der Waals surface area contributed by atoms with Crippen molar-refractivity contribution in [1.29, 1.82) is 0 Å². The minimum atomic E-state index is 0.344. The van der Waals surface area contributed by atoms with Crippen LogP contribution in [0.25, 0.3) is 0 Å². The van der Waals surface area contributed by atoms with Gasteiger partial charge in [0.2, 0.25) is 0 Å². The van der Waals surface area contributed by atoms with Crippen LogP contribution in [0.1, 0.15) is 13.8 Å². The monoisotopic (exact) mass is 181 g/mol. The van der Waals surface area contributed by atoms with Crippen LogP contribution in [0.15, 0.2) is 6.33 Å². The molecule has 0 amide bonds. The van der Waals surface area contributed by atoms with E-state index in [1.807, 2.05) is 18.7 Å². The summed E-state index contributed by atoms with van der Waals surface area (Å²) in [6.07, 6.45) is 1.43. The lowest BCUT2D eigenvalue weighted by Gasteiger charge is -2.21. The fourth-order valence-electron chi connectivity index (χ4n) is 1.17. The SMILES string of the molecule is CCN(CC)c1ncnc(N)c1N. The van der Waals surface area contributed by atoms with Crippen molar-refractivity contribution in [3.63, 3.8) is 0 Å². The van der Waals surface area contributed by atoms with Crippen molar-refractivity contribution < 1.29 is 0 Å². The number of rotatable bonds is 3. The van der Waals surface area contributed by atoms with Gasteiger partial charge in [-0.2, -0.15) is 0 Å². The first-order valence-electron chi connectivity index (χ1n) is 4.31. The molecule has 0 atom stereocenters. The van der Waals surface area contributed by atoms with Crippen LogP contribution < -0.4 is 16.4 Å². The molecule has 13 heavy (non-hydrogen) atoms. The Labute approximate surface area is 77.8 Å². The predicted molar refractivity (Wildman–Crippen MR) is 54.4 cm³/mol. The number of aromatic nitrogens is 2. The maximum Gasteiger partial charge on any atom is 0.157 e. The topological polar surface area (TPSA) is 81.1 Å². The highest BCUT2D eigenvalue weighted by molar-refractivity contribution is 5.73. The van der Waals surface area contributed by atoms with Crippen LogP contribution in [0.5, 0.6) is 0 Å². The molecule has 0 unspecified atom stereocenters. The summed E-state index contributed by atoms with van der Waals surface area (Å²) < 4.78 is 0. The Morgan fingerprint density at radius 2 is 1.85 bits per heavy atom. The predicted octanol–water partition coefficient (Wildman–Crippen LogP) is 0.487. The van der Waals surface area contributed by atoms with E-state index in [4.69, 9.17) is 11.5 Å². The quantitative estimate of drug-likeness (QED) is 0.709. The standard InChI is InChI=1S/C8H15N5/c1-3-13(4-2)8-6(9)7(10)11-5-12-8/h5H,3-4,9H2,1-2H3,(H2,10,11,12). The highest BCUT2D eigenvalue weighted by Crippen LogP contribution is 2.22. The normalized spacial score (nSPS) is 10.0. The van der Waals surface area contributed by atoms with E-state index in [2.05, 4.69) is 9.97 Å². The summed E-state index contributed by atoms with van der Waals surface area (Å²) in [6.45, 7) is 5.80. The average molecular weight is 181 g/mol. The molecule has 1 aromatic heterocycles. The van der Waals surface area contributed by atoms with E-state index in [-0.39, 0.29) is 0 Å². The maximum atomic E-state index is 5.74. The van der Waals surface area contributed by atoms with Crippen molar-refractivity contribution in [3.05, 3.63) is 6.33 Å². The van der Waals surface area contributed by atoms with E-state index in [0.717, 1.165) is 18.9 Å². The lowest BCUT2D eigenvalue weighted by molar-refractivity contribution is 0.844. The number of nitrogen functional groups attached to an aromatic ring is 2. The average Bonchev–Trinajstić information content (AvgIpc) is 2.14. The Morgan fingerprint density at radius 3 is 2.38 bits per heavy atom. The molecule has 0 radical (unpaired) electrons. The lowest BCUT2D eigenvalue weighted by Crippen LogP contribution is -2.24. The number of hydrogen-bond donors (Lipinski definition) is 2. The van der Waals surface area contributed by atoms with Crippen molar-refractivity contribution >= 4 is 17.3 Å². The molecule has 0 saturated carbocycles. The van der Waals surface area contributed by atoms with Crippen molar-refractivity contribution in [2.75, 3.05) is 29.5 Å². The Hall–Kier alpha value is -1.52. The van der Waals surface area contributed by atoms with E-state index in [0.29, 0.717) is 11.5 Å². The largest absolute Gasteiger partial charge is 0.393 e. The Morgan fingerprint density at radius 1 is 1.23 bits per heavy atom. The molecule has 0 aliphatic carbocycles. The van der Waals surface area contributed by atoms with Gasteiger partial charge in [0.25, 0.3) is 0 Å². The van der Waals surface area contributed by atoms with Crippen molar-refractivity contribution in [3.8, 4) is 0 Å². The first-order valence-corrected chi connectivity index (χ1v) is 4.31. The highest BCUT2D eigenvalue weighted by Gasteiger charge is 2.09. The van der Waals surface area contributed by atoms with Gasteiger partial charge in [0.1, 0.15) is 12.0 Å². The van der Waals surface area contributed by atoms with Crippen molar-refractivity contribution in [1.82, 2.24) is 9.97 Å². The molecule has 1 aromatic rings. The van der Waals surface area contributed by atoms with Gasteiger partial charge in [-0.3, -0.25) is 0 Å². The second-order valence-electron chi connectivity index (χ2n) is 2.67. The fourth-order valence-corrected chi connectivity index (χ4v) is 1.17. The smallest absolute Gasteiger partial charge is 0.157 e. The van der Waals surface area contributed by atoms with Crippen LogP contribution in [0.3, 0.4) is 0 Å². The van der Waals surface area contributed by atoms with Gasteiger partial charge in [-0.25, -0.2) is 9.97 Å². The molecule has 1 rings (SSSR count). The van der Waals surface area contributed by atoms with Crippen LogP contribution in [0.2, 0.25) is 0 Å². The van der Waals surface area contributed by atoms with E-state index in [1.54, 1.807) is 0 Å². The summed E-state index contributed by atoms with van der Waals surface area (Å²) in [5.41, 5.74) is 11.8. The molecule has 0 aromatic carbocycles. The van der Waals surface area contributed by atoms with E-state index in [9.17, 15) is 0 Å². The van der Waals surface area contributed by atoms with Gasteiger partial charge in [0.15, 0.2) is 11.6 Å². The van der Waals surface area contributed by atoms with Crippen LogP contribution >= 0.6 is 0 Å². The van der Waals surface area contributed by atoms with Crippen molar-refractivity contribution in [2.45, 2.75) is 13.8 Å². The molecular formula is C8H15N5. The molecule has 4 N–H and O–H groups in total. The molecule has 0 spiro atoms. The summed E-state index contributed by atoms with van der Waals surface area (Å²) in [7, 11) is 0. The first-order chi connectivity index (χ1) is 6.20. The Bertz CT molecular complexity index is 282. The minimum Gasteiger partial charge on any atom is -0.393 e. The molecule has 0 aliphatic rings. The third kappa shape index (κ3) is 1.80. The van der Waals surface area contributed by atoms with E-state index >= 15 is 0 Å². The molecule has 72 valence electrons. The zero-order chi connectivity index (χ0) is 9.84. The Kier molecular flexibility index (Phi) is 2.89. The van der Waals surface area contributed by atoms with Crippen LogP contribution in [0, 0.1) is 0 Å². The molecule has 0 saturated heterocycles. The molecule has 0 fully saturated rings. The van der Waals surface area contributed by atoms with Crippen LogP contribution in [0.4, 0.5) is 17.3 Å². The maximum absolute atomic E-state index is 5.74. The summed E-state index contributed by atoms with van der Waals surface area (Å²) >= 11 is 0. The highest BCUT2D eigenvalue weighted by atomic mass is 15.2. The first kappa shape index (κ1) is 9.57. The fraction of sp³-hybridized carbons (Fsp3) is 0.500. The van der Waals surface area contributed by atoms with Gasteiger partial charge in [-0.05, 0) is 13.8 Å². The van der Waals surface area contributed by atoms with Gasteiger partial charge >= 0.3 is 0 Å². The molecular weight excluding hydrogens is 166 g/mol. The van der Waals surface area contributed by atoms with Gasteiger partial charge in [0.05, 0.1) is 0 Å². The number of nitrogens with two attached hydrogens (primary N) is 2. The second-order valence-corrected chi connectivity index (χ2v) is 2.67. The molecule has 5 nitrogen and oxygen atoms in total. The van der Waals surface area contributed by atoms with E-state index in [1.165, 1.54) is 6.33 Å². The second kappa shape index (κ2) is 3.93. The van der Waals surface area contributed by atoms with Gasteiger partial charge in [0, 0.05) is 13.1 Å². The van der Waals surface area contributed by atoms with Gasteiger partial charge in [-0.15, -0.1) is 0 Å². The van der Waals surface area contributed by atoms with Crippen LogP contribution in [-0.4, -0.2) is 23.1 Å². The Balaban J connectivity index is 3.05. The summed E-state index contributed by atoms with van der Waals surface area (Å²) in [5, 5.41) is 0. The summed E-state index contributed by atoms with van der Waals surface area (Å²) in [4.78, 5) is 9.93. The van der Waals surface area contributed by atoms with E-state index < -0.39 is 0 Å². The number of hydrogen-bond acceptors (Lipinski definition) is 5. The van der Waals surface area contributed by atoms with Gasteiger partial charge < -0.3 is 16.4 Å². The van der Waals surface area contributed by atoms with Crippen molar-refractivity contribution in [2.24, 2.45) is 0 Å².